The molecule has 0 atom stereocenters. The quantitative estimate of drug-likeness (QED) is 0.434. The summed E-state index contributed by atoms with van der Waals surface area (Å²) in [5.74, 6) is 0.688. The van der Waals surface area contributed by atoms with E-state index in [0.717, 1.165) is 17.6 Å². The summed E-state index contributed by atoms with van der Waals surface area (Å²) in [6.07, 6.45) is 5.08. The Labute approximate surface area is 140 Å². The Balaban J connectivity index is 0.00000180. The maximum absolute atomic E-state index is 6.08. The molecule has 0 saturated carbocycles. The molecule has 0 bridgehead atoms. The van der Waals surface area contributed by atoms with Crippen molar-refractivity contribution >= 4 is 45.9 Å². The summed E-state index contributed by atoms with van der Waals surface area (Å²) in [6.45, 7) is 2.74. The van der Waals surface area contributed by atoms with E-state index < -0.39 is 0 Å². The molecule has 1 heterocycles. The molecular formula is C14H21BrIN3. The van der Waals surface area contributed by atoms with Crippen molar-refractivity contribution in [1.29, 1.82) is 0 Å². The van der Waals surface area contributed by atoms with E-state index in [1.165, 1.54) is 31.2 Å². The van der Waals surface area contributed by atoms with Gasteiger partial charge in [0.1, 0.15) is 0 Å². The van der Waals surface area contributed by atoms with E-state index in [1.54, 1.807) is 0 Å². The van der Waals surface area contributed by atoms with Gasteiger partial charge in [0.05, 0.1) is 6.54 Å². The highest BCUT2D eigenvalue weighted by Crippen LogP contribution is 2.17. The van der Waals surface area contributed by atoms with Crippen LogP contribution in [0.5, 0.6) is 0 Å². The van der Waals surface area contributed by atoms with Gasteiger partial charge < -0.3 is 10.6 Å². The summed E-state index contributed by atoms with van der Waals surface area (Å²) < 4.78 is 1.09. The van der Waals surface area contributed by atoms with Crippen LogP contribution in [0.25, 0.3) is 0 Å². The van der Waals surface area contributed by atoms with Gasteiger partial charge in [-0.3, -0.25) is 0 Å². The summed E-state index contributed by atoms with van der Waals surface area (Å²) >= 11 is 3.53. The molecule has 1 aliphatic rings. The van der Waals surface area contributed by atoms with Crippen LogP contribution in [0, 0.1) is 0 Å². The molecule has 2 N–H and O–H groups in total. The fourth-order valence-electron chi connectivity index (χ4n) is 2.19. The molecule has 1 fully saturated rings. The fourth-order valence-corrected chi connectivity index (χ4v) is 2.60. The third-order valence-corrected chi connectivity index (χ3v) is 4.07. The third-order valence-electron chi connectivity index (χ3n) is 3.30. The van der Waals surface area contributed by atoms with Gasteiger partial charge in [0.2, 0.25) is 0 Å². The first-order valence-electron chi connectivity index (χ1n) is 6.55. The average Bonchev–Trinajstić information content (AvgIpc) is 2.66. The monoisotopic (exact) mass is 437 g/mol. The number of aliphatic imine (C=N–C) groups is 1. The van der Waals surface area contributed by atoms with Gasteiger partial charge in [-0.1, -0.05) is 47.0 Å². The minimum absolute atomic E-state index is 0. The van der Waals surface area contributed by atoms with Crippen LogP contribution in [-0.4, -0.2) is 23.9 Å². The van der Waals surface area contributed by atoms with Gasteiger partial charge in [0.15, 0.2) is 5.96 Å². The van der Waals surface area contributed by atoms with Crippen molar-refractivity contribution in [1.82, 2.24) is 4.90 Å². The van der Waals surface area contributed by atoms with Gasteiger partial charge in [-0.25, -0.2) is 4.99 Å². The minimum Gasteiger partial charge on any atom is -0.370 e. The molecule has 1 aromatic carbocycles. The Hall–Kier alpha value is -0.300. The van der Waals surface area contributed by atoms with E-state index in [-0.39, 0.29) is 24.0 Å². The molecule has 1 aliphatic heterocycles. The third kappa shape index (κ3) is 5.30. The maximum atomic E-state index is 6.08. The summed E-state index contributed by atoms with van der Waals surface area (Å²) in [6, 6.07) is 8.14. The first kappa shape index (κ1) is 16.8. The highest BCUT2D eigenvalue weighted by atomic mass is 127. The van der Waals surface area contributed by atoms with Gasteiger partial charge in [0, 0.05) is 17.6 Å². The lowest BCUT2D eigenvalue weighted by molar-refractivity contribution is 0.428. The standard InChI is InChI=1S/C14H20BrN3.HI/c15-13-8-4-3-7-12(13)11-17-14(16)18-9-5-1-2-6-10-18;/h3-4,7-8H,1-2,5-6,9-11H2,(H2,16,17);1H. The van der Waals surface area contributed by atoms with E-state index in [2.05, 4.69) is 31.9 Å². The van der Waals surface area contributed by atoms with Crippen molar-refractivity contribution in [2.75, 3.05) is 13.1 Å². The average molecular weight is 438 g/mol. The number of likely N-dealkylation sites (tertiary alicyclic amines) is 1. The van der Waals surface area contributed by atoms with Gasteiger partial charge in [-0.15, -0.1) is 24.0 Å². The topological polar surface area (TPSA) is 41.6 Å². The number of rotatable bonds is 2. The molecule has 0 radical (unpaired) electrons. The highest BCUT2D eigenvalue weighted by molar-refractivity contribution is 14.0. The fraction of sp³-hybridized carbons (Fsp3) is 0.500. The zero-order valence-corrected chi connectivity index (χ0v) is 14.9. The summed E-state index contributed by atoms with van der Waals surface area (Å²) in [7, 11) is 0. The molecule has 3 nitrogen and oxygen atoms in total. The molecule has 0 aromatic heterocycles. The van der Waals surface area contributed by atoms with Gasteiger partial charge in [0.25, 0.3) is 0 Å². The number of nitrogens with two attached hydrogens (primary N) is 1. The van der Waals surface area contributed by atoms with Crippen molar-refractivity contribution in [2.24, 2.45) is 10.7 Å². The van der Waals surface area contributed by atoms with Crippen LogP contribution in [0.2, 0.25) is 0 Å². The Kier molecular flexibility index (Phi) is 7.75. The van der Waals surface area contributed by atoms with Crippen LogP contribution >= 0.6 is 39.9 Å². The van der Waals surface area contributed by atoms with Crippen LogP contribution in [0.4, 0.5) is 0 Å². The smallest absolute Gasteiger partial charge is 0.191 e. The summed E-state index contributed by atoms with van der Waals surface area (Å²) in [5.41, 5.74) is 7.25. The number of guanidine groups is 1. The van der Waals surface area contributed by atoms with Crippen LogP contribution in [-0.2, 0) is 6.54 Å². The van der Waals surface area contributed by atoms with E-state index in [0.29, 0.717) is 12.5 Å². The molecular weight excluding hydrogens is 417 g/mol. The molecule has 19 heavy (non-hydrogen) atoms. The van der Waals surface area contributed by atoms with Crippen molar-refractivity contribution < 1.29 is 0 Å². The van der Waals surface area contributed by atoms with Gasteiger partial charge in [-0.05, 0) is 24.5 Å². The molecule has 106 valence electrons. The summed E-state index contributed by atoms with van der Waals surface area (Å²) in [4.78, 5) is 6.72. The second-order valence-electron chi connectivity index (χ2n) is 4.67. The lowest BCUT2D eigenvalue weighted by Crippen LogP contribution is -2.38. The predicted molar refractivity (Wildman–Crippen MR) is 94.9 cm³/mol. The Morgan fingerprint density at radius 2 is 1.79 bits per heavy atom. The van der Waals surface area contributed by atoms with Crippen molar-refractivity contribution in [3.05, 3.63) is 34.3 Å². The van der Waals surface area contributed by atoms with Crippen molar-refractivity contribution in [2.45, 2.75) is 32.2 Å². The second kappa shape index (κ2) is 8.79. The van der Waals surface area contributed by atoms with Crippen molar-refractivity contribution in [3.63, 3.8) is 0 Å². The second-order valence-corrected chi connectivity index (χ2v) is 5.52. The molecule has 1 saturated heterocycles. The van der Waals surface area contributed by atoms with Gasteiger partial charge >= 0.3 is 0 Å². The normalized spacial score (nSPS) is 16.7. The molecule has 0 aliphatic carbocycles. The molecule has 0 spiro atoms. The minimum atomic E-state index is 0. The van der Waals surface area contributed by atoms with E-state index in [1.807, 2.05) is 18.2 Å². The molecule has 5 heteroatoms. The maximum Gasteiger partial charge on any atom is 0.191 e. The largest absolute Gasteiger partial charge is 0.370 e. The molecule has 2 rings (SSSR count). The molecule has 0 amide bonds. The summed E-state index contributed by atoms with van der Waals surface area (Å²) in [5, 5.41) is 0. The Morgan fingerprint density at radius 1 is 1.16 bits per heavy atom. The van der Waals surface area contributed by atoms with Crippen LogP contribution in [0.15, 0.2) is 33.7 Å². The van der Waals surface area contributed by atoms with E-state index in [4.69, 9.17) is 5.73 Å². The first-order chi connectivity index (χ1) is 8.77. The SMILES string of the molecule is I.NC(=NCc1ccccc1Br)N1CCCCCC1. The van der Waals surface area contributed by atoms with Crippen molar-refractivity contribution in [3.8, 4) is 0 Å². The van der Waals surface area contributed by atoms with Crippen LogP contribution in [0.3, 0.4) is 0 Å². The number of hydrogen-bond donors (Lipinski definition) is 1. The lowest BCUT2D eigenvalue weighted by atomic mass is 10.2. The number of halogens is 2. The zero-order valence-electron chi connectivity index (χ0n) is 11.0. The van der Waals surface area contributed by atoms with Crippen LogP contribution in [0.1, 0.15) is 31.2 Å². The van der Waals surface area contributed by atoms with Gasteiger partial charge in [-0.2, -0.15) is 0 Å². The Morgan fingerprint density at radius 3 is 2.42 bits per heavy atom. The highest BCUT2D eigenvalue weighted by Gasteiger charge is 2.10. The van der Waals surface area contributed by atoms with E-state index in [9.17, 15) is 0 Å². The molecule has 0 unspecified atom stereocenters. The zero-order chi connectivity index (χ0) is 12.8. The number of hydrogen-bond acceptors (Lipinski definition) is 1. The first-order valence-corrected chi connectivity index (χ1v) is 7.35. The van der Waals surface area contributed by atoms with Crippen LogP contribution < -0.4 is 5.73 Å². The predicted octanol–water partition coefficient (Wildman–Crippen LogP) is 3.76. The Bertz CT molecular complexity index is 415. The molecule has 1 aromatic rings. The number of benzene rings is 1. The lowest BCUT2D eigenvalue weighted by Gasteiger charge is -2.21. The van der Waals surface area contributed by atoms with E-state index >= 15 is 0 Å². The number of nitrogens with zero attached hydrogens (tertiary/aromatic N) is 2.